The highest BCUT2D eigenvalue weighted by Gasteiger charge is 2.15. The van der Waals surface area contributed by atoms with Crippen molar-refractivity contribution in [3.63, 3.8) is 0 Å². The Hall–Kier alpha value is -1.78. The number of nitrogens with zero attached hydrogens (tertiary/aromatic N) is 3. The Morgan fingerprint density at radius 2 is 2.18 bits per heavy atom. The summed E-state index contributed by atoms with van der Waals surface area (Å²) in [5.74, 6) is 0.325. The summed E-state index contributed by atoms with van der Waals surface area (Å²) in [5.41, 5.74) is 8.64. The molecular weight excluding hydrogens is 214 g/mol. The SMILES string of the molecule is Cc1cc(NC2CCCC2)cn2nc(N)nc12. The van der Waals surface area contributed by atoms with Gasteiger partial charge in [0.25, 0.3) is 0 Å². The molecule has 17 heavy (non-hydrogen) atoms. The molecule has 2 aromatic heterocycles. The van der Waals surface area contributed by atoms with Crippen LogP contribution in [0.5, 0.6) is 0 Å². The number of aryl methyl sites for hydroxylation is 1. The number of nitrogens with two attached hydrogens (primary N) is 1. The maximum atomic E-state index is 5.61. The first-order valence-corrected chi connectivity index (χ1v) is 6.11. The quantitative estimate of drug-likeness (QED) is 0.829. The molecule has 1 aliphatic rings. The zero-order valence-corrected chi connectivity index (χ0v) is 9.98. The molecule has 0 saturated heterocycles. The van der Waals surface area contributed by atoms with Crippen molar-refractivity contribution in [1.82, 2.24) is 14.6 Å². The third-order valence-electron chi connectivity index (χ3n) is 3.36. The number of fused-ring (bicyclic) bond motifs is 1. The highest BCUT2D eigenvalue weighted by atomic mass is 15.3. The number of aromatic nitrogens is 3. The molecule has 5 nitrogen and oxygen atoms in total. The Bertz CT molecular complexity index is 539. The molecule has 0 unspecified atom stereocenters. The lowest BCUT2D eigenvalue weighted by molar-refractivity contribution is 0.753. The van der Waals surface area contributed by atoms with Crippen molar-refractivity contribution in [3.05, 3.63) is 17.8 Å². The van der Waals surface area contributed by atoms with Gasteiger partial charge >= 0.3 is 0 Å². The normalized spacial score (nSPS) is 16.8. The van der Waals surface area contributed by atoms with Gasteiger partial charge in [-0.15, -0.1) is 5.10 Å². The topological polar surface area (TPSA) is 68.2 Å². The molecule has 2 heterocycles. The van der Waals surface area contributed by atoms with Gasteiger partial charge in [-0.3, -0.25) is 0 Å². The number of hydrogen-bond acceptors (Lipinski definition) is 4. The number of nitrogen functional groups attached to an aromatic ring is 1. The predicted molar refractivity (Wildman–Crippen MR) is 68.0 cm³/mol. The van der Waals surface area contributed by atoms with Crippen LogP contribution in [0.4, 0.5) is 11.6 Å². The van der Waals surface area contributed by atoms with Crippen LogP contribution in [-0.4, -0.2) is 20.6 Å². The van der Waals surface area contributed by atoms with Crippen LogP contribution >= 0.6 is 0 Å². The van der Waals surface area contributed by atoms with E-state index < -0.39 is 0 Å². The lowest BCUT2D eigenvalue weighted by Gasteiger charge is -2.14. The van der Waals surface area contributed by atoms with Gasteiger partial charge in [0.15, 0.2) is 5.65 Å². The van der Waals surface area contributed by atoms with Crippen molar-refractivity contribution >= 4 is 17.3 Å². The fourth-order valence-electron chi connectivity index (χ4n) is 2.55. The lowest BCUT2D eigenvalue weighted by atomic mass is 10.2. The van der Waals surface area contributed by atoms with E-state index in [1.165, 1.54) is 25.7 Å². The number of hydrogen-bond donors (Lipinski definition) is 2. The molecule has 3 N–H and O–H groups in total. The molecule has 2 aromatic rings. The van der Waals surface area contributed by atoms with Gasteiger partial charge in [0.05, 0.1) is 11.9 Å². The van der Waals surface area contributed by atoms with Crippen molar-refractivity contribution < 1.29 is 0 Å². The van der Waals surface area contributed by atoms with E-state index >= 15 is 0 Å². The number of anilines is 2. The van der Waals surface area contributed by atoms with E-state index in [1.54, 1.807) is 4.52 Å². The molecule has 1 fully saturated rings. The summed E-state index contributed by atoms with van der Waals surface area (Å²) in [6.45, 7) is 2.03. The van der Waals surface area contributed by atoms with Gasteiger partial charge in [-0.1, -0.05) is 12.8 Å². The molecule has 0 aromatic carbocycles. The fraction of sp³-hybridized carbons (Fsp3) is 0.500. The van der Waals surface area contributed by atoms with Crippen molar-refractivity contribution in [2.45, 2.75) is 38.6 Å². The van der Waals surface area contributed by atoms with E-state index in [-0.39, 0.29) is 0 Å². The summed E-state index contributed by atoms with van der Waals surface area (Å²) < 4.78 is 1.75. The molecule has 1 aliphatic carbocycles. The molecule has 0 radical (unpaired) electrons. The molecule has 3 rings (SSSR count). The van der Waals surface area contributed by atoms with Crippen molar-refractivity contribution in [2.75, 3.05) is 11.1 Å². The predicted octanol–water partition coefficient (Wildman–Crippen LogP) is 1.97. The third-order valence-corrected chi connectivity index (χ3v) is 3.36. The van der Waals surface area contributed by atoms with Gasteiger partial charge < -0.3 is 11.1 Å². The standard InChI is InChI=1S/C12H17N5/c1-8-6-10(14-9-4-2-3-5-9)7-17-11(8)15-12(13)16-17/h6-7,9,14H,2-5H2,1H3,(H2,13,16). The van der Waals surface area contributed by atoms with E-state index in [4.69, 9.17) is 5.73 Å². The first-order valence-electron chi connectivity index (χ1n) is 6.11. The Labute approximate surface area is 100 Å². The van der Waals surface area contributed by atoms with Crippen LogP contribution in [0.3, 0.4) is 0 Å². The maximum Gasteiger partial charge on any atom is 0.240 e. The Morgan fingerprint density at radius 1 is 1.41 bits per heavy atom. The van der Waals surface area contributed by atoms with Gasteiger partial charge in [0, 0.05) is 6.04 Å². The van der Waals surface area contributed by atoms with Gasteiger partial charge in [-0.2, -0.15) is 4.98 Å². The molecule has 0 amide bonds. The molecule has 90 valence electrons. The van der Waals surface area contributed by atoms with Gasteiger partial charge in [-0.25, -0.2) is 4.52 Å². The van der Waals surface area contributed by atoms with E-state index in [1.807, 2.05) is 13.1 Å². The molecular formula is C12H17N5. The molecule has 1 saturated carbocycles. The van der Waals surface area contributed by atoms with Crippen LogP contribution < -0.4 is 11.1 Å². The average molecular weight is 231 g/mol. The largest absolute Gasteiger partial charge is 0.381 e. The van der Waals surface area contributed by atoms with Crippen molar-refractivity contribution in [2.24, 2.45) is 0 Å². The second kappa shape index (κ2) is 3.91. The Morgan fingerprint density at radius 3 is 2.94 bits per heavy atom. The minimum Gasteiger partial charge on any atom is -0.381 e. The second-order valence-electron chi connectivity index (χ2n) is 4.78. The Kier molecular flexibility index (Phi) is 2.39. The van der Waals surface area contributed by atoms with Crippen molar-refractivity contribution in [1.29, 1.82) is 0 Å². The number of nitrogens with one attached hydrogen (secondary N) is 1. The van der Waals surface area contributed by atoms with Crippen LogP contribution in [0.25, 0.3) is 5.65 Å². The molecule has 0 atom stereocenters. The second-order valence-corrected chi connectivity index (χ2v) is 4.78. The van der Waals surface area contributed by atoms with E-state index in [9.17, 15) is 0 Å². The third kappa shape index (κ3) is 1.92. The van der Waals surface area contributed by atoms with Gasteiger partial charge in [0.1, 0.15) is 0 Å². The molecule has 0 bridgehead atoms. The molecule has 0 aliphatic heterocycles. The summed E-state index contributed by atoms with van der Waals surface area (Å²) in [6.07, 6.45) is 7.14. The van der Waals surface area contributed by atoms with Gasteiger partial charge in [0.2, 0.25) is 5.95 Å². The zero-order valence-electron chi connectivity index (χ0n) is 9.98. The smallest absolute Gasteiger partial charge is 0.240 e. The average Bonchev–Trinajstić information content (AvgIpc) is 2.87. The summed E-state index contributed by atoms with van der Waals surface area (Å²) >= 11 is 0. The fourth-order valence-corrected chi connectivity index (χ4v) is 2.55. The van der Waals surface area contributed by atoms with E-state index in [0.717, 1.165) is 16.9 Å². The molecule has 0 spiro atoms. The highest BCUT2D eigenvalue weighted by molar-refractivity contribution is 5.57. The van der Waals surface area contributed by atoms with E-state index in [0.29, 0.717) is 12.0 Å². The monoisotopic (exact) mass is 231 g/mol. The van der Waals surface area contributed by atoms with Crippen molar-refractivity contribution in [3.8, 4) is 0 Å². The summed E-state index contributed by atoms with van der Waals surface area (Å²) in [7, 11) is 0. The Balaban J connectivity index is 1.94. The highest BCUT2D eigenvalue weighted by Crippen LogP contribution is 2.23. The number of rotatable bonds is 2. The molecule has 5 heteroatoms. The summed E-state index contributed by atoms with van der Waals surface area (Å²) in [4.78, 5) is 4.19. The summed E-state index contributed by atoms with van der Waals surface area (Å²) in [5, 5.41) is 7.71. The van der Waals surface area contributed by atoms with Gasteiger partial charge in [-0.05, 0) is 31.4 Å². The van der Waals surface area contributed by atoms with Crippen LogP contribution in [-0.2, 0) is 0 Å². The van der Waals surface area contributed by atoms with Crippen LogP contribution in [0, 0.1) is 6.92 Å². The van der Waals surface area contributed by atoms with Crippen LogP contribution in [0.2, 0.25) is 0 Å². The lowest BCUT2D eigenvalue weighted by Crippen LogP contribution is -2.15. The van der Waals surface area contributed by atoms with E-state index in [2.05, 4.69) is 21.5 Å². The minimum atomic E-state index is 0.325. The summed E-state index contributed by atoms with van der Waals surface area (Å²) in [6, 6.07) is 2.72. The maximum absolute atomic E-state index is 5.61. The zero-order chi connectivity index (χ0) is 11.8. The van der Waals surface area contributed by atoms with Crippen LogP contribution in [0.15, 0.2) is 12.3 Å². The first-order chi connectivity index (χ1) is 8.22. The van der Waals surface area contributed by atoms with Crippen LogP contribution in [0.1, 0.15) is 31.2 Å². The first kappa shape index (κ1) is 10.4. The number of pyridine rings is 1. The minimum absolute atomic E-state index is 0.325.